The summed E-state index contributed by atoms with van der Waals surface area (Å²) in [7, 11) is 0. The third-order valence-corrected chi connectivity index (χ3v) is 3.41. The SMILES string of the molecule is C[C@H](NCC1CCCCC1)c1ccco1. The van der Waals surface area contributed by atoms with Gasteiger partial charge in [0.1, 0.15) is 5.76 Å². The van der Waals surface area contributed by atoms with Crippen molar-refractivity contribution in [1.82, 2.24) is 5.32 Å². The van der Waals surface area contributed by atoms with E-state index in [-0.39, 0.29) is 0 Å². The normalized spacial score (nSPS) is 20.3. The van der Waals surface area contributed by atoms with Gasteiger partial charge < -0.3 is 9.73 Å². The Labute approximate surface area is 92.1 Å². The number of rotatable bonds is 4. The molecule has 0 amide bonds. The smallest absolute Gasteiger partial charge is 0.120 e. The molecule has 2 rings (SSSR count). The molecule has 0 aliphatic heterocycles. The summed E-state index contributed by atoms with van der Waals surface area (Å²) in [4.78, 5) is 0. The average Bonchev–Trinajstić information content (AvgIpc) is 2.81. The summed E-state index contributed by atoms with van der Waals surface area (Å²) in [6, 6.07) is 4.34. The molecule has 1 aliphatic rings. The van der Waals surface area contributed by atoms with Gasteiger partial charge in [-0.3, -0.25) is 0 Å². The van der Waals surface area contributed by atoms with Gasteiger partial charge in [-0.05, 0) is 44.4 Å². The Kier molecular flexibility index (Phi) is 3.84. The van der Waals surface area contributed by atoms with Crippen molar-refractivity contribution in [3.05, 3.63) is 24.2 Å². The first-order valence-corrected chi connectivity index (χ1v) is 6.13. The minimum Gasteiger partial charge on any atom is -0.468 e. The Morgan fingerprint density at radius 1 is 1.40 bits per heavy atom. The molecule has 1 saturated carbocycles. The van der Waals surface area contributed by atoms with E-state index in [0.717, 1.165) is 18.2 Å². The highest BCUT2D eigenvalue weighted by Crippen LogP contribution is 2.23. The van der Waals surface area contributed by atoms with Crippen LogP contribution < -0.4 is 5.32 Å². The Bertz CT molecular complexity index is 262. The first-order valence-electron chi connectivity index (χ1n) is 6.13. The quantitative estimate of drug-likeness (QED) is 0.817. The number of nitrogens with one attached hydrogen (secondary N) is 1. The minimum absolute atomic E-state index is 0.349. The lowest BCUT2D eigenvalue weighted by Crippen LogP contribution is -2.26. The molecular formula is C13H21NO. The van der Waals surface area contributed by atoms with Crippen LogP contribution in [0, 0.1) is 5.92 Å². The lowest BCUT2D eigenvalue weighted by atomic mass is 9.89. The van der Waals surface area contributed by atoms with Crippen LogP contribution in [0.3, 0.4) is 0 Å². The lowest BCUT2D eigenvalue weighted by Gasteiger charge is -2.23. The molecule has 1 aromatic heterocycles. The van der Waals surface area contributed by atoms with Crippen LogP contribution in [0.15, 0.2) is 22.8 Å². The van der Waals surface area contributed by atoms with Crippen LogP contribution in [-0.4, -0.2) is 6.54 Å². The summed E-state index contributed by atoms with van der Waals surface area (Å²) < 4.78 is 5.37. The van der Waals surface area contributed by atoms with Gasteiger partial charge in [-0.1, -0.05) is 19.3 Å². The second-order valence-electron chi connectivity index (χ2n) is 4.65. The molecule has 0 unspecified atom stereocenters. The standard InChI is InChI=1S/C13H21NO/c1-11(13-8-5-9-15-13)14-10-12-6-3-2-4-7-12/h5,8-9,11-12,14H,2-4,6-7,10H2,1H3/t11-/m0/s1. The Morgan fingerprint density at radius 2 is 2.20 bits per heavy atom. The highest BCUT2D eigenvalue weighted by molar-refractivity contribution is 5.02. The van der Waals surface area contributed by atoms with E-state index in [2.05, 4.69) is 12.2 Å². The summed E-state index contributed by atoms with van der Waals surface area (Å²) in [5, 5.41) is 3.56. The monoisotopic (exact) mass is 207 g/mol. The fourth-order valence-electron chi connectivity index (χ4n) is 2.37. The van der Waals surface area contributed by atoms with E-state index < -0.39 is 0 Å². The molecule has 15 heavy (non-hydrogen) atoms. The Balaban J connectivity index is 1.73. The zero-order valence-corrected chi connectivity index (χ0v) is 9.54. The van der Waals surface area contributed by atoms with Crippen molar-refractivity contribution in [3.63, 3.8) is 0 Å². The molecule has 2 heteroatoms. The van der Waals surface area contributed by atoms with Gasteiger partial charge in [0.25, 0.3) is 0 Å². The summed E-state index contributed by atoms with van der Waals surface area (Å²) in [6.45, 7) is 3.31. The van der Waals surface area contributed by atoms with E-state index >= 15 is 0 Å². The van der Waals surface area contributed by atoms with Gasteiger partial charge >= 0.3 is 0 Å². The molecule has 2 nitrogen and oxygen atoms in total. The topological polar surface area (TPSA) is 25.2 Å². The maximum Gasteiger partial charge on any atom is 0.120 e. The van der Waals surface area contributed by atoms with Crippen molar-refractivity contribution in [1.29, 1.82) is 0 Å². The van der Waals surface area contributed by atoms with Crippen molar-refractivity contribution in [3.8, 4) is 0 Å². The maximum atomic E-state index is 5.37. The van der Waals surface area contributed by atoms with E-state index in [1.54, 1.807) is 6.26 Å². The second-order valence-corrected chi connectivity index (χ2v) is 4.65. The van der Waals surface area contributed by atoms with Crippen LogP contribution in [0.25, 0.3) is 0 Å². The van der Waals surface area contributed by atoms with Gasteiger partial charge in [0.05, 0.1) is 12.3 Å². The van der Waals surface area contributed by atoms with Crippen LogP contribution >= 0.6 is 0 Å². The van der Waals surface area contributed by atoms with Gasteiger partial charge in [-0.15, -0.1) is 0 Å². The molecular weight excluding hydrogens is 186 g/mol. The first kappa shape index (κ1) is 10.7. The first-order chi connectivity index (χ1) is 7.36. The fraction of sp³-hybridized carbons (Fsp3) is 0.692. The minimum atomic E-state index is 0.349. The lowest BCUT2D eigenvalue weighted by molar-refractivity contribution is 0.321. The third-order valence-electron chi connectivity index (χ3n) is 3.41. The molecule has 1 aromatic rings. The molecule has 1 fully saturated rings. The van der Waals surface area contributed by atoms with Crippen LogP contribution in [0.2, 0.25) is 0 Å². The second kappa shape index (κ2) is 5.36. The predicted octanol–water partition coefficient (Wildman–Crippen LogP) is 3.51. The van der Waals surface area contributed by atoms with Crippen LogP contribution in [-0.2, 0) is 0 Å². The van der Waals surface area contributed by atoms with Crippen molar-refractivity contribution < 1.29 is 4.42 Å². The van der Waals surface area contributed by atoms with E-state index in [1.165, 1.54) is 32.1 Å². The molecule has 1 N–H and O–H groups in total. The van der Waals surface area contributed by atoms with Crippen LogP contribution in [0.5, 0.6) is 0 Å². The van der Waals surface area contributed by atoms with Gasteiger partial charge in [-0.2, -0.15) is 0 Å². The molecule has 0 radical (unpaired) electrons. The molecule has 84 valence electrons. The molecule has 1 heterocycles. The number of furan rings is 1. The van der Waals surface area contributed by atoms with Gasteiger partial charge in [-0.25, -0.2) is 0 Å². The van der Waals surface area contributed by atoms with E-state index in [9.17, 15) is 0 Å². The Hall–Kier alpha value is -0.760. The molecule has 1 atom stereocenters. The van der Waals surface area contributed by atoms with Gasteiger partial charge in [0.2, 0.25) is 0 Å². The highest BCUT2D eigenvalue weighted by atomic mass is 16.3. The van der Waals surface area contributed by atoms with Crippen molar-refractivity contribution >= 4 is 0 Å². The maximum absolute atomic E-state index is 5.37. The summed E-state index contributed by atoms with van der Waals surface area (Å²) >= 11 is 0. The Morgan fingerprint density at radius 3 is 2.87 bits per heavy atom. The average molecular weight is 207 g/mol. The molecule has 1 aliphatic carbocycles. The third kappa shape index (κ3) is 3.10. The molecule has 0 aromatic carbocycles. The van der Waals surface area contributed by atoms with E-state index in [0.29, 0.717) is 6.04 Å². The zero-order valence-electron chi connectivity index (χ0n) is 9.54. The van der Waals surface area contributed by atoms with Crippen molar-refractivity contribution in [2.75, 3.05) is 6.54 Å². The highest BCUT2D eigenvalue weighted by Gasteiger charge is 2.15. The van der Waals surface area contributed by atoms with Crippen molar-refractivity contribution in [2.24, 2.45) is 5.92 Å². The van der Waals surface area contributed by atoms with Crippen LogP contribution in [0.1, 0.15) is 50.8 Å². The summed E-state index contributed by atoms with van der Waals surface area (Å²) in [5.74, 6) is 1.93. The summed E-state index contributed by atoms with van der Waals surface area (Å²) in [6.07, 6.45) is 8.82. The van der Waals surface area contributed by atoms with Gasteiger partial charge in [0.15, 0.2) is 0 Å². The van der Waals surface area contributed by atoms with Crippen LogP contribution in [0.4, 0.5) is 0 Å². The fourth-order valence-corrected chi connectivity index (χ4v) is 2.37. The van der Waals surface area contributed by atoms with Crippen molar-refractivity contribution in [2.45, 2.75) is 45.1 Å². The van der Waals surface area contributed by atoms with Gasteiger partial charge in [0, 0.05) is 0 Å². The molecule has 0 spiro atoms. The van der Waals surface area contributed by atoms with E-state index in [1.807, 2.05) is 12.1 Å². The molecule has 0 bridgehead atoms. The zero-order chi connectivity index (χ0) is 10.5. The largest absolute Gasteiger partial charge is 0.468 e. The predicted molar refractivity (Wildman–Crippen MR) is 61.7 cm³/mol. The molecule has 0 saturated heterocycles. The number of hydrogen-bond donors (Lipinski definition) is 1. The summed E-state index contributed by atoms with van der Waals surface area (Å²) in [5.41, 5.74) is 0. The van der Waals surface area contributed by atoms with E-state index in [4.69, 9.17) is 4.42 Å². The number of hydrogen-bond acceptors (Lipinski definition) is 2.